The van der Waals surface area contributed by atoms with Gasteiger partial charge in [-0.05, 0) is 44.7 Å². The Morgan fingerprint density at radius 2 is 1.93 bits per heavy atom. The molecule has 1 aliphatic carbocycles. The number of nitrogens with one attached hydrogen (secondary N) is 1. The highest BCUT2D eigenvalue weighted by atomic mass is 15.2. The van der Waals surface area contributed by atoms with Crippen molar-refractivity contribution in [3.63, 3.8) is 0 Å². The molecule has 2 aliphatic rings. The van der Waals surface area contributed by atoms with E-state index >= 15 is 0 Å². The molecule has 0 amide bonds. The lowest BCUT2D eigenvalue weighted by molar-refractivity contribution is 0.187. The fraction of sp³-hybridized carbons (Fsp3) is 1.00. The van der Waals surface area contributed by atoms with Crippen LogP contribution in [0.5, 0.6) is 0 Å². The van der Waals surface area contributed by atoms with E-state index in [2.05, 4.69) is 31.0 Å². The summed E-state index contributed by atoms with van der Waals surface area (Å²) < 4.78 is 0. The second-order valence-electron chi connectivity index (χ2n) is 5.48. The van der Waals surface area contributed by atoms with Gasteiger partial charge in [0.2, 0.25) is 0 Å². The number of hydrogen-bond donors (Lipinski definition) is 1. The lowest BCUT2D eigenvalue weighted by Gasteiger charge is -2.31. The van der Waals surface area contributed by atoms with E-state index < -0.39 is 0 Å². The molecule has 2 rings (SSSR count). The second kappa shape index (κ2) is 4.19. The minimum atomic E-state index is 0.703. The Labute approximate surface area is 88.1 Å². The Kier molecular flexibility index (Phi) is 3.13. The van der Waals surface area contributed by atoms with Crippen molar-refractivity contribution in [3.8, 4) is 0 Å². The molecule has 1 heterocycles. The zero-order valence-electron chi connectivity index (χ0n) is 9.79. The molecule has 0 aromatic carbocycles. The van der Waals surface area contributed by atoms with Crippen LogP contribution in [0.25, 0.3) is 0 Å². The van der Waals surface area contributed by atoms with Gasteiger partial charge in [0, 0.05) is 18.6 Å². The normalized spacial score (nSPS) is 45.6. The van der Waals surface area contributed by atoms with Crippen molar-refractivity contribution in [1.29, 1.82) is 0 Å². The van der Waals surface area contributed by atoms with E-state index in [1.807, 2.05) is 0 Å². The predicted octanol–water partition coefficient (Wildman–Crippen LogP) is 1.71. The molecule has 2 nitrogen and oxygen atoms in total. The molecule has 1 aliphatic heterocycles. The molecule has 4 atom stereocenters. The topological polar surface area (TPSA) is 15.3 Å². The molecule has 0 radical (unpaired) electrons. The Bertz CT molecular complexity index is 193. The molecule has 0 spiro atoms. The van der Waals surface area contributed by atoms with Gasteiger partial charge < -0.3 is 5.32 Å². The van der Waals surface area contributed by atoms with Crippen molar-refractivity contribution >= 4 is 0 Å². The molecule has 1 saturated carbocycles. The summed E-state index contributed by atoms with van der Waals surface area (Å²) in [6.07, 6.45) is 2.75. The molecule has 2 heteroatoms. The van der Waals surface area contributed by atoms with Gasteiger partial charge in [0.15, 0.2) is 0 Å². The summed E-state index contributed by atoms with van der Waals surface area (Å²) in [6.45, 7) is 10.9. The maximum Gasteiger partial charge on any atom is 0.0125 e. The molecule has 4 unspecified atom stereocenters. The highest BCUT2D eigenvalue weighted by Gasteiger charge is 2.38. The van der Waals surface area contributed by atoms with Gasteiger partial charge in [-0.3, -0.25) is 4.90 Å². The van der Waals surface area contributed by atoms with Crippen LogP contribution < -0.4 is 5.32 Å². The van der Waals surface area contributed by atoms with Gasteiger partial charge in [-0.25, -0.2) is 0 Å². The maximum atomic E-state index is 3.60. The molecule has 0 aromatic heterocycles. The first kappa shape index (κ1) is 10.4. The van der Waals surface area contributed by atoms with Gasteiger partial charge >= 0.3 is 0 Å². The highest BCUT2D eigenvalue weighted by molar-refractivity contribution is 4.93. The SMILES string of the molecule is CC1CNC(C)CCN(C2CC2C)C1. The van der Waals surface area contributed by atoms with E-state index in [0.29, 0.717) is 6.04 Å². The standard InChI is InChI=1S/C12H24N2/c1-9-7-13-11(3)4-5-14(8-9)12-6-10(12)2/h9-13H,4-8H2,1-3H3. The van der Waals surface area contributed by atoms with Crippen molar-refractivity contribution < 1.29 is 0 Å². The van der Waals surface area contributed by atoms with Crippen molar-refractivity contribution in [2.75, 3.05) is 19.6 Å². The molecule has 0 bridgehead atoms. The maximum absolute atomic E-state index is 3.60. The average molecular weight is 196 g/mol. The van der Waals surface area contributed by atoms with Crippen LogP contribution in [0, 0.1) is 11.8 Å². The van der Waals surface area contributed by atoms with E-state index in [4.69, 9.17) is 0 Å². The lowest BCUT2D eigenvalue weighted by Crippen LogP contribution is -2.43. The second-order valence-corrected chi connectivity index (χ2v) is 5.48. The van der Waals surface area contributed by atoms with Gasteiger partial charge in [-0.1, -0.05) is 13.8 Å². The van der Waals surface area contributed by atoms with Crippen LogP contribution in [-0.2, 0) is 0 Å². The van der Waals surface area contributed by atoms with Crippen molar-refractivity contribution in [2.24, 2.45) is 11.8 Å². The fourth-order valence-corrected chi connectivity index (χ4v) is 2.53. The first-order chi connectivity index (χ1) is 6.66. The predicted molar refractivity (Wildman–Crippen MR) is 60.4 cm³/mol. The molecule has 1 N–H and O–H groups in total. The molecule has 14 heavy (non-hydrogen) atoms. The first-order valence-electron chi connectivity index (χ1n) is 6.14. The van der Waals surface area contributed by atoms with Crippen LogP contribution in [0.4, 0.5) is 0 Å². The Morgan fingerprint density at radius 1 is 1.21 bits per heavy atom. The minimum absolute atomic E-state index is 0.703. The number of rotatable bonds is 1. The summed E-state index contributed by atoms with van der Waals surface area (Å²) in [7, 11) is 0. The van der Waals surface area contributed by atoms with E-state index in [-0.39, 0.29) is 0 Å². The summed E-state index contributed by atoms with van der Waals surface area (Å²) in [5.74, 6) is 1.77. The van der Waals surface area contributed by atoms with Crippen molar-refractivity contribution in [1.82, 2.24) is 10.2 Å². The zero-order chi connectivity index (χ0) is 10.1. The summed E-state index contributed by atoms with van der Waals surface area (Å²) >= 11 is 0. The third kappa shape index (κ3) is 2.48. The Morgan fingerprint density at radius 3 is 2.57 bits per heavy atom. The van der Waals surface area contributed by atoms with Crippen LogP contribution in [0.2, 0.25) is 0 Å². The summed E-state index contributed by atoms with van der Waals surface area (Å²) in [5, 5.41) is 3.60. The molecular weight excluding hydrogens is 172 g/mol. The smallest absolute Gasteiger partial charge is 0.0125 e. The third-order valence-corrected chi connectivity index (χ3v) is 3.75. The first-order valence-corrected chi connectivity index (χ1v) is 6.14. The van der Waals surface area contributed by atoms with Gasteiger partial charge in [0.25, 0.3) is 0 Å². The van der Waals surface area contributed by atoms with E-state index in [1.54, 1.807) is 0 Å². The van der Waals surface area contributed by atoms with Crippen LogP contribution in [0.1, 0.15) is 33.6 Å². The van der Waals surface area contributed by atoms with Crippen molar-refractivity contribution in [3.05, 3.63) is 0 Å². The monoisotopic (exact) mass is 196 g/mol. The van der Waals surface area contributed by atoms with Crippen molar-refractivity contribution in [2.45, 2.75) is 45.7 Å². The average Bonchev–Trinajstić information content (AvgIpc) is 2.83. The number of hydrogen-bond acceptors (Lipinski definition) is 2. The van der Waals surface area contributed by atoms with Crippen LogP contribution in [0.15, 0.2) is 0 Å². The van der Waals surface area contributed by atoms with E-state index in [0.717, 1.165) is 17.9 Å². The number of nitrogens with zero attached hydrogens (tertiary/aromatic N) is 1. The zero-order valence-corrected chi connectivity index (χ0v) is 9.79. The molecule has 0 aromatic rings. The fourth-order valence-electron chi connectivity index (χ4n) is 2.53. The van der Waals surface area contributed by atoms with Gasteiger partial charge in [0.05, 0.1) is 0 Å². The van der Waals surface area contributed by atoms with E-state index in [1.165, 1.54) is 32.5 Å². The molecule has 2 fully saturated rings. The minimum Gasteiger partial charge on any atom is -0.314 e. The lowest BCUT2D eigenvalue weighted by atomic mass is 10.1. The molecular formula is C12H24N2. The largest absolute Gasteiger partial charge is 0.314 e. The molecule has 1 saturated heterocycles. The van der Waals surface area contributed by atoms with Gasteiger partial charge in [0.1, 0.15) is 0 Å². The summed E-state index contributed by atoms with van der Waals surface area (Å²) in [4.78, 5) is 2.73. The quantitative estimate of drug-likeness (QED) is 0.687. The van der Waals surface area contributed by atoms with Crippen LogP contribution in [0.3, 0.4) is 0 Å². The Balaban J connectivity index is 1.88. The highest BCUT2D eigenvalue weighted by Crippen LogP contribution is 2.35. The van der Waals surface area contributed by atoms with E-state index in [9.17, 15) is 0 Å². The summed E-state index contributed by atoms with van der Waals surface area (Å²) in [5.41, 5.74) is 0. The summed E-state index contributed by atoms with van der Waals surface area (Å²) in [6, 6.07) is 1.62. The van der Waals surface area contributed by atoms with Gasteiger partial charge in [-0.2, -0.15) is 0 Å². The Hall–Kier alpha value is -0.0800. The molecule has 82 valence electrons. The van der Waals surface area contributed by atoms with Crippen LogP contribution in [-0.4, -0.2) is 36.6 Å². The van der Waals surface area contributed by atoms with Crippen LogP contribution >= 0.6 is 0 Å². The third-order valence-electron chi connectivity index (χ3n) is 3.75. The van der Waals surface area contributed by atoms with Gasteiger partial charge in [-0.15, -0.1) is 0 Å².